The van der Waals surface area contributed by atoms with Crippen molar-refractivity contribution >= 4 is 38.3 Å². The molecule has 0 spiro atoms. The van der Waals surface area contributed by atoms with Gasteiger partial charge in [0, 0.05) is 15.7 Å². The Bertz CT molecular complexity index is 1190. The highest BCUT2D eigenvalue weighted by Gasteiger charge is 2.13. The summed E-state index contributed by atoms with van der Waals surface area (Å²) in [6.07, 6.45) is -0.758. The summed E-state index contributed by atoms with van der Waals surface area (Å²) >= 11 is 3.55. The van der Waals surface area contributed by atoms with E-state index in [-0.39, 0.29) is 5.91 Å². The van der Waals surface area contributed by atoms with E-state index in [1.807, 2.05) is 67.6 Å². The summed E-state index contributed by atoms with van der Waals surface area (Å²) < 4.78 is 1.03. The Morgan fingerprint density at radius 3 is 2.38 bits per heavy atom. The molecule has 144 valence electrons. The number of aryl methyl sites for hydroxylation is 1. The molecule has 29 heavy (non-hydrogen) atoms. The van der Waals surface area contributed by atoms with Crippen molar-refractivity contribution < 1.29 is 9.90 Å². The van der Waals surface area contributed by atoms with E-state index in [0.29, 0.717) is 5.56 Å². The van der Waals surface area contributed by atoms with Crippen molar-refractivity contribution in [1.29, 1.82) is 0 Å². The lowest BCUT2D eigenvalue weighted by atomic mass is 9.97. The lowest BCUT2D eigenvalue weighted by Gasteiger charge is -2.14. The topological polar surface area (TPSA) is 49.3 Å². The first-order valence-corrected chi connectivity index (χ1v) is 10.2. The molecule has 4 heteroatoms. The number of hydrogen-bond donors (Lipinski definition) is 2. The third-order valence-corrected chi connectivity index (χ3v) is 5.74. The molecule has 0 radical (unpaired) electrons. The number of nitrogens with one attached hydrogen (secondary N) is 1. The molecule has 4 rings (SSSR count). The van der Waals surface area contributed by atoms with Crippen LogP contribution in [-0.2, 0) is 0 Å². The second kappa shape index (κ2) is 8.19. The van der Waals surface area contributed by atoms with Gasteiger partial charge in [-0.1, -0.05) is 70.5 Å². The van der Waals surface area contributed by atoms with Crippen LogP contribution in [0.2, 0.25) is 0 Å². The lowest BCUT2D eigenvalue weighted by Crippen LogP contribution is -2.13. The van der Waals surface area contributed by atoms with Crippen molar-refractivity contribution in [2.75, 3.05) is 5.32 Å². The van der Waals surface area contributed by atoms with Crippen LogP contribution in [0.15, 0.2) is 89.4 Å². The summed E-state index contributed by atoms with van der Waals surface area (Å²) in [5.74, 6) is -0.170. The van der Waals surface area contributed by atoms with Gasteiger partial charge in [-0.05, 0) is 64.7 Å². The molecule has 2 N–H and O–H groups in total. The summed E-state index contributed by atoms with van der Waals surface area (Å²) in [6.45, 7) is 1.96. The number of benzene rings is 4. The number of para-hydroxylation sites is 1. The summed E-state index contributed by atoms with van der Waals surface area (Å²) in [6, 6.07) is 26.6. The van der Waals surface area contributed by atoms with Crippen molar-refractivity contribution in [2.24, 2.45) is 0 Å². The van der Waals surface area contributed by atoms with Gasteiger partial charge in [0.25, 0.3) is 5.91 Å². The minimum atomic E-state index is -0.758. The predicted molar refractivity (Wildman–Crippen MR) is 121 cm³/mol. The number of fused-ring (bicyclic) bond motifs is 1. The number of rotatable bonds is 4. The summed E-state index contributed by atoms with van der Waals surface area (Å²) in [5, 5.41) is 15.9. The van der Waals surface area contributed by atoms with Crippen molar-refractivity contribution in [3.05, 3.63) is 112 Å². The molecule has 0 aromatic heterocycles. The van der Waals surface area contributed by atoms with Gasteiger partial charge in [0.1, 0.15) is 6.10 Å². The number of aliphatic hydroxyl groups is 1. The van der Waals surface area contributed by atoms with Crippen LogP contribution in [0.3, 0.4) is 0 Å². The number of amides is 1. The minimum Gasteiger partial charge on any atom is -0.384 e. The maximum absolute atomic E-state index is 12.5. The molecule has 0 heterocycles. The van der Waals surface area contributed by atoms with Crippen LogP contribution in [-0.4, -0.2) is 11.0 Å². The summed E-state index contributed by atoms with van der Waals surface area (Å²) in [5.41, 5.74) is 3.91. The first kappa shape index (κ1) is 19.4. The highest BCUT2D eigenvalue weighted by Crippen LogP contribution is 2.29. The van der Waals surface area contributed by atoms with E-state index in [0.717, 1.165) is 37.6 Å². The molecule has 1 atom stereocenters. The van der Waals surface area contributed by atoms with E-state index in [1.54, 1.807) is 24.3 Å². The maximum atomic E-state index is 12.5. The van der Waals surface area contributed by atoms with Crippen molar-refractivity contribution in [1.82, 2.24) is 0 Å². The third-order valence-electron chi connectivity index (χ3n) is 5.05. The highest BCUT2D eigenvalue weighted by atomic mass is 79.9. The third kappa shape index (κ3) is 4.09. The number of carbonyl (C=O) groups is 1. The fourth-order valence-corrected chi connectivity index (χ4v) is 3.86. The molecule has 4 aromatic rings. The second-order valence-corrected chi connectivity index (χ2v) is 7.87. The van der Waals surface area contributed by atoms with Crippen LogP contribution in [0.4, 0.5) is 5.69 Å². The van der Waals surface area contributed by atoms with Crippen LogP contribution in [0.25, 0.3) is 10.8 Å². The van der Waals surface area contributed by atoms with E-state index in [1.165, 1.54) is 0 Å². The lowest BCUT2D eigenvalue weighted by molar-refractivity contribution is 0.102. The normalized spacial score (nSPS) is 12.0. The number of halogens is 1. The Morgan fingerprint density at radius 2 is 1.62 bits per heavy atom. The quantitative estimate of drug-likeness (QED) is 0.390. The second-order valence-electron chi connectivity index (χ2n) is 7.01. The number of anilines is 1. The number of hydrogen-bond acceptors (Lipinski definition) is 2. The molecule has 0 aliphatic rings. The van der Waals surface area contributed by atoms with Gasteiger partial charge in [-0.15, -0.1) is 0 Å². The van der Waals surface area contributed by atoms with Gasteiger partial charge in [0.2, 0.25) is 0 Å². The molecule has 1 unspecified atom stereocenters. The van der Waals surface area contributed by atoms with Crippen LogP contribution in [0.5, 0.6) is 0 Å². The van der Waals surface area contributed by atoms with Gasteiger partial charge < -0.3 is 10.4 Å². The number of aliphatic hydroxyl groups excluding tert-OH is 1. The Labute approximate surface area is 178 Å². The first-order chi connectivity index (χ1) is 14.0. The highest BCUT2D eigenvalue weighted by molar-refractivity contribution is 9.10. The van der Waals surface area contributed by atoms with E-state index in [4.69, 9.17) is 0 Å². The zero-order valence-electron chi connectivity index (χ0n) is 15.9. The van der Waals surface area contributed by atoms with Gasteiger partial charge in [0.05, 0.1) is 0 Å². The SMILES string of the molecule is Cc1ccccc1NC(=O)c1ccc(C(O)c2ccc3c(Br)cccc3c2)cc1. The average molecular weight is 446 g/mol. The molecule has 0 saturated heterocycles. The summed E-state index contributed by atoms with van der Waals surface area (Å²) in [4.78, 5) is 12.5. The average Bonchev–Trinajstić information content (AvgIpc) is 2.75. The molecule has 4 aromatic carbocycles. The van der Waals surface area contributed by atoms with Gasteiger partial charge in [-0.3, -0.25) is 4.79 Å². The molecular formula is C25H20BrNO2. The molecule has 0 fully saturated rings. The molecule has 3 nitrogen and oxygen atoms in total. The van der Waals surface area contributed by atoms with Gasteiger partial charge >= 0.3 is 0 Å². The van der Waals surface area contributed by atoms with Crippen LogP contribution >= 0.6 is 15.9 Å². The van der Waals surface area contributed by atoms with Gasteiger partial charge in [-0.25, -0.2) is 0 Å². The Morgan fingerprint density at radius 1 is 0.897 bits per heavy atom. The standard InChI is InChI=1S/C25H20BrNO2/c1-16-5-2-3-8-23(16)27-25(29)18-11-9-17(10-12-18)24(28)20-13-14-21-19(15-20)6-4-7-22(21)26/h2-15,24,28H,1H3,(H,27,29). The monoisotopic (exact) mass is 445 g/mol. The zero-order valence-corrected chi connectivity index (χ0v) is 17.5. The number of carbonyl (C=O) groups excluding carboxylic acids is 1. The van der Waals surface area contributed by atoms with E-state index in [9.17, 15) is 9.90 Å². The molecule has 0 aliphatic heterocycles. The largest absolute Gasteiger partial charge is 0.384 e. The Hall–Kier alpha value is -2.95. The maximum Gasteiger partial charge on any atom is 0.255 e. The van der Waals surface area contributed by atoms with Crippen LogP contribution in [0.1, 0.15) is 33.2 Å². The van der Waals surface area contributed by atoms with E-state index >= 15 is 0 Å². The van der Waals surface area contributed by atoms with E-state index in [2.05, 4.69) is 21.2 Å². The van der Waals surface area contributed by atoms with Crippen molar-refractivity contribution in [3.63, 3.8) is 0 Å². The molecular weight excluding hydrogens is 426 g/mol. The van der Waals surface area contributed by atoms with Crippen LogP contribution < -0.4 is 5.32 Å². The molecule has 0 saturated carbocycles. The van der Waals surface area contributed by atoms with Crippen molar-refractivity contribution in [2.45, 2.75) is 13.0 Å². The molecule has 1 amide bonds. The fourth-order valence-electron chi connectivity index (χ4n) is 3.35. The van der Waals surface area contributed by atoms with E-state index < -0.39 is 6.10 Å². The zero-order chi connectivity index (χ0) is 20.4. The van der Waals surface area contributed by atoms with Gasteiger partial charge in [-0.2, -0.15) is 0 Å². The Kier molecular flexibility index (Phi) is 5.47. The van der Waals surface area contributed by atoms with Gasteiger partial charge in [0.15, 0.2) is 0 Å². The first-order valence-electron chi connectivity index (χ1n) is 9.36. The smallest absolute Gasteiger partial charge is 0.255 e. The predicted octanol–water partition coefficient (Wildman–Crippen LogP) is 6.24. The van der Waals surface area contributed by atoms with Crippen molar-refractivity contribution in [3.8, 4) is 0 Å². The Balaban J connectivity index is 1.54. The fraction of sp³-hybridized carbons (Fsp3) is 0.0800. The molecule has 0 aliphatic carbocycles. The van der Waals surface area contributed by atoms with Crippen LogP contribution in [0, 0.1) is 6.92 Å². The minimum absolute atomic E-state index is 0.170. The molecule has 0 bridgehead atoms. The summed E-state index contributed by atoms with van der Waals surface area (Å²) in [7, 11) is 0.